The van der Waals surface area contributed by atoms with Gasteiger partial charge in [0.2, 0.25) is 0 Å². The molecule has 16 heavy (non-hydrogen) atoms. The van der Waals surface area contributed by atoms with Gasteiger partial charge in [-0.05, 0) is 37.5 Å². The van der Waals surface area contributed by atoms with Crippen molar-refractivity contribution in [3.63, 3.8) is 0 Å². The van der Waals surface area contributed by atoms with Crippen molar-refractivity contribution in [3.8, 4) is 11.8 Å². The first-order valence-corrected chi connectivity index (χ1v) is 6.10. The lowest BCUT2D eigenvalue weighted by Crippen LogP contribution is -2.28. The molecule has 3 N–H and O–H groups in total. The summed E-state index contributed by atoms with van der Waals surface area (Å²) in [5, 5.41) is 0. The lowest BCUT2D eigenvalue weighted by molar-refractivity contribution is 0.522. The molecule has 86 valence electrons. The third kappa shape index (κ3) is 3.64. The number of nitrogens with one attached hydrogen (secondary N) is 1. The summed E-state index contributed by atoms with van der Waals surface area (Å²) < 4.78 is 1.10. The van der Waals surface area contributed by atoms with Gasteiger partial charge in [-0.3, -0.25) is 11.3 Å². The van der Waals surface area contributed by atoms with Gasteiger partial charge in [-0.1, -0.05) is 28.1 Å². The molecule has 1 atom stereocenters. The van der Waals surface area contributed by atoms with Gasteiger partial charge in [-0.25, -0.2) is 0 Å². The first kappa shape index (κ1) is 13.2. The molecule has 0 fully saturated rings. The molecule has 0 radical (unpaired) electrons. The van der Waals surface area contributed by atoms with Crippen molar-refractivity contribution in [3.05, 3.63) is 33.8 Å². The highest BCUT2D eigenvalue weighted by Crippen LogP contribution is 2.26. The van der Waals surface area contributed by atoms with E-state index in [1.807, 2.05) is 6.92 Å². The summed E-state index contributed by atoms with van der Waals surface area (Å²) in [5.41, 5.74) is 5.26. The molecule has 0 saturated carbocycles. The minimum atomic E-state index is 0.149. The largest absolute Gasteiger partial charge is 0.271 e. The smallest absolute Gasteiger partial charge is 0.0480 e. The molecule has 0 bridgehead atoms. The predicted octanol–water partition coefficient (Wildman–Crippen LogP) is 3.07. The maximum absolute atomic E-state index is 5.57. The topological polar surface area (TPSA) is 38.0 Å². The third-order valence-electron chi connectivity index (χ3n) is 2.47. The number of hydrazine groups is 1. The third-order valence-corrected chi connectivity index (χ3v) is 3.15. The van der Waals surface area contributed by atoms with E-state index in [1.165, 1.54) is 11.1 Å². The van der Waals surface area contributed by atoms with Gasteiger partial charge in [0.1, 0.15) is 0 Å². The van der Waals surface area contributed by atoms with Crippen LogP contribution in [0.15, 0.2) is 22.7 Å². The van der Waals surface area contributed by atoms with E-state index >= 15 is 0 Å². The minimum Gasteiger partial charge on any atom is -0.271 e. The Hall–Kier alpha value is -0.820. The summed E-state index contributed by atoms with van der Waals surface area (Å²) >= 11 is 3.57. The standard InChI is InChI=1S/C13H17BrN2/c1-3-4-5-6-13(16-15)11-8-7-10(2)9-12(11)14/h7-9,13,16H,5-6,15H2,1-2H3. The summed E-state index contributed by atoms with van der Waals surface area (Å²) in [6.07, 6.45) is 1.77. The lowest BCUT2D eigenvalue weighted by Gasteiger charge is -2.17. The van der Waals surface area contributed by atoms with Crippen LogP contribution in [0.3, 0.4) is 0 Å². The van der Waals surface area contributed by atoms with Crippen LogP contribution in [0.2, 0.25) is 0 Å². The van der Waals surface area contributed by atoms with Crippen LogP contribution in [-0.2, 0) is 0 Å². The van der Waals surface area contributed by atoms with Crippen LogP contribution >= 0.6 is 15.9 Å². The number of nitrogens with two attached hydrogens (primary N) is 1. The van der Waals surface area contributed by atoms with Crippen molar-refractivity contribution in [1.29, 1.82) is 0 Å². The van der Waals surface area contributed by atoms with Gasteiger partial charge in [-0.2, -0.15) is 0 Å². The van der Waals surface area contributed by atoms with Gasteiger partial charge in [0.25, 0.3) is 0 Å². The van der Waals surface area contributed by atoms with E-state index < -0.39 is 0 Å². The molecule has 3 heteroatoms. The Labute approximate surface area is 106 Å². The molecule has 0 aliphatic carbocycles. The van der Waals surface area contributed by atoms with Crippen LogP contribution in [0.1, 0.15) is 36.9 Å². The van der Waals surface area contributed by atoms with Crippen molar-refractivity contribution < 1.29 is 0 Å². The van der Waals surface area contributed by atoms with Gasteiger partial charge in [-0.15, -0.1) is 11.8 Å². The maximum Gasteiger partial charge on any atom is 0.0480 e. The Bertz CT molecular complexity index is 404. The Kier molecular flexibility index (Phi) is 5.54. The van der Waals surface area contributed by atoms with Gasteiger partial charge in [0, 0.05) is 16.9 Å². The van der Waals surface area contributed by atoms with Crippen LogP contribution in [-0.4, -0.2) is 0 Å². The highest BCUT2D eigenvalue weighted by molar-refractivity contribution is 9.10. The maximum atomic E-state index is 5.57. The van der Waals surface area contributed by atoms with Crippen molar-refractivity contribution in [2.45, 2.75) is 32.7 Å². The zero-order valence-electron chi connectivity index (χ0n) is 9.68. The number of rotatable bonds is 4. The van der Waals surface area contributed by atoms with E-state index in [9.17, 15) is 0 Å². The van der Waals surface area contributed by atoms with Gasteiger partial charge >= 0.3 is 0 Å². The molecule has 0 heterocycles. The van der Waals surface area contributed by atoms with Crippen LogP contribution in [0.25, 0.3) is 0 Å². The van der Waals surface area contributed by atoms with Crippen LogP contribution in [0.5, 0.6) is 0 Å². The lowest BCUT2D eigenvalue weighted by atomic mass is 10.0. The van der Waals surface area contributed by atoms with E-state index in [4.69, 9.17) is 5.84 Å². The first-order chi connectivity index (χ1) is 7.69. The highest BCUT2D eigenvalue weighted by atomic mass is 79.9. The van der Waals surface area contributed by atoms with Crippen molar-refractivity contribution in [2.75, 3.05) is 0 Å². The zero-order chi connectivity index (χ0) is 12.0. The van der Waals surface area contributed by atoms with Crippen LogP contribution in [0, 0.1) is 18.8 Å². The first-order valence-electron chi connectivity index (χ1n) is 5.30. The fourth-order valence-electron chi connectivity index (χ4n) is 1.58. The van der Waals surface area contributed by atoms with Crippen molar-refractivity contribution >= 4 is 15.9 Å². The molecule has 0 spiro atoms. The van der Waals surface area contributed by atoms with E-state index in [-0.39, 0.29) is 6.04 Å². The molecule has 0 aliphatic rings. The fourth-order valence-corrected chi connectivity index (χ4v) is 2.35. The highest BCUT2D eigenvalue weighted by Gasteiger charge is 2.11. The summed E-state index contributed by atoms with van der Waals surface area (Å²) in [4.78, 5) is 0. The summed E-state index contributed by atoms with van der Waals surface area (Å²) in [6, 6.07) is 6.44. The fraction of sp³-hybridized carbons (Fsp3) is 0.385. The van der Waals surface area contributed by atoms with E-state index in [2.05, 4.69) is 58.3 Å². The minimum absolute atomic E-state index is 0.149. The molecule has 0 aromatic heterocycles. The Morgan fingerprint density at radius 2 is 2.25 bits per heavy atom. The Balaban J connectivity index is 2.80. The second kappa shape index (κ2) is 6.70. The number of benzene rings is 1. The molecular formula is C13H17BrN2. The zero-order valence-corrected chi connectivity index (χ0v) is 11.3. The molecular weight excluding hydrogens is 264 g/mol. The summed E-state index contributed by atoms with van der Waals surface area (Å²) in [5.74, 6) is 11.5. The molecule has 1 aromatic rings. The van der Waals surface area contributed by atoms with Crippen molar-refractivity contribution in [2.24, 2.45) is 5.84 Å². The average molecular weight is 281 g/mol. The second-order valence-corrected chi connectivity index (χ2v) is 4.56. The molecule has 0 amide bonds. The van der Waals surface area contributed by atoms with Crippen LogP contribution in [0.4, 0.5) is 0 Å². The quantitative estimate of drug-likeness (QED) is 0.505. The molecule has 1 aromatic carbocycles. The monoisotopic (exact) mass is 280 g/mol. The second-order valence-electron chi connectivity index (χ2n) is 3.71. The van der Waals surface area contributed by atoms with Gasteiger partial charge in [0.15, 0.2) is 0 Å². The molecule has 2 nitrogen and oxygen atoms in total. The SMILES string of the molecule is CC#CCCC(NN)c1ccc(C)cc1Br. The molecule has 1 unspecified atom stereocenters. The van der Waals surface area contributed by atoms with Gasteiger partial charge in [0.05, 0.1) is 0 Å². The van der Waals surface area contributed by atoms with Crippen LogP contribution < -0.4 is 11.3 Å². The van der Waals surface area contributed by atoms with E-state index in [0.717, 1.165) is 17.3 Å². The summed E-state index contributed by atoms with van der Waals surface area (Å²) in [7, 11) is 0. The molecule has 1 rings (SSSR count). The van der Waals surface area contributed by atoms with E-state index in [1.54, 1.807) is 0 Å². The molecule has 0 aliphatic heterocycles. The summed E-state index contributed by atoms with van der Waals surface area (Å²) in [6.45, 7) is 3.93. The number of hydrogen-bond donors (Lipinski definition) is 2. The number of halogens is 1. The van der Waals surface area contributed by atoms with E-state index in [0.29, 0.717) is 0 Å². The average Bonchev–Trinajstić information content (AvgIpc) is 2.26. The predicted molar refractivity (Wildman–Crippen MR) is 71.6 cm³/mol. The number of hydrogen-bond acceptors (Lipinski definition) is 2. The normalized spacial score (nSPS) is 11.8. The molecule has 0 saturated heterocycles. The van der Waals surface area contributed by atoms with Gasteiger partial charge < -0.3 is 0 Å². The Morgan fingerprint density at radius 1 is 1.50 bits per heavy atom. The van der Waals surface area contributed by atoms with Crippen molar-refractivity contribution in [1.82, 2.24) is 5.43 Å². The number of aryl methyl sites for hydroxylation is 1. The Morgan fingerprint density at radius 3 is 2.81 bits per heavy atom.